The maximum absolute atomic E-state index is 6.71. The molecule has 3 atom stereocenters. The molecule has 6 heteroatoms. The molecule has 6 nitrogen and oxygen atoms in total. The maximum Gasteiger partial charge on any atom is 0.126 e. The molecule has 0 aromatic heterocycles. The SMILES string of the molecule is Cc1c(C(C)(C)C)ccc(C(c2ccccc2OCC2CO2)c2ccc(C(C)(C)C)c(C)c2OCC2CO2)c1OCC1CO1. The summed E-state index contributed by atoms with van der Waals surface area (Å²) in [5.41, 5.74) is 8.01. The van der Waals surface area contributed by atoms with Gasteiger partial charge in [0.25, 0.3) is 0 Å². The van der Waals surface area contributed by atoms with Crippen molar-refractivity contribution in [1.29, 1.82) is 0 Å². The standard InChI is InChI=1S/C38H48O6/c1-23-31(37(3,4)5)15-13-29(35(23)43-21-26-18-40-26)34(28-11-9-10-12-33(28)42-20-25-17-39-25)30-14-16-32(38(6,7)8)24(2)36(30)44-22-27-19-41-27/h9-16,25-27,34H,17-22H2,1-8H3. The van der Waals surface area contributed by atoms with Crippen molar-refractivity contribution in [1.82, 2.24) is 0 Å². The molecule has 0 N–H and O–H groups in total. The minimum Gasteiger partial charge on any atom is -0.490 e. The lowest BCUT2D eigenvalue weighted by atomic mass is 9.76. The van der Waals surface area contributed by atoms with Gasteiger partial charge in [-0.2, -0.15) is 0 Å². The Kier molecular flexibility index (Phi) is 8.46. The molecule has 3 fully saturated rings. The highest BCUT2D eigenvalue weighted by molar-refractivity contribution is 5.62. The van der Waals surface area contributed by atoms with E-state index in [0.717, 1.165) is 64.9 Å². The molecule has 3 aliphatic rings. The topological polar surface area (TPSA) is 65.3 Å². The van der Waals surface area contributed by atoms with E-state index in [4.69, 9.17) is 28.4 Å². The molecular weight excluding hydrogens is 552 g/mol. The average molecular weight is 601 g/mol. The van der Waals surface area contributed by atoms with E-state index in [9.17, 15) is 0 Å². The molecule has 6 rings (SSSR count). The van der Waals surface area contributed by atoms with Crippen molar-refractivity contribution in [3.05, 3.63) is 87.5 Å². The van der Waals surface area contributed by atoms with Crippen LogP contribution < -0.4 is 14.2 Å². The lowest BCUT2D eigenvalue weighted by Gasteiger charge is -2.31. The predicted molar refractivity (Wildman–Crippen MR) is 173 cm³/mol. The van der Waals surface area contributed by atoms with Gasteiger partial charge in [0.05, 0.1) is 19.8 Å². The van der Waals surface area contributed by atoms with Crippen molar-refractivity contribution >= 4 is 0 Å². The molecule has 3 unspecified atom stereocenters. The molecule has 0 spiro atoms. The Morgan fingerprint density at radius 3 is 1.41 bits per heavy atom. The highest BCUT2D eigenvalue weighted by Gasteiger charge is 2.34. The van der Waals surface area contributed by atoms with Gasteiger partial charge in [-0.15, -0.1) is 0 Å². The largest absolute Gasteiger partial charge is 0.490 e. The molecule has 0 radical (unpaired) electrons. The Hall–Kier alpha value is -3.06. The van der Waals surface area contributed by atoms with Crippen LogP contribution in [0.3, 0.4) is 0 Å². The number of ether oxygens (including phenoxy) is 6. The van der Waals surface area contributed by atoms with Gasteiger partial charge in [0.15, 0.2) is 0 Å². The lowest BCUT2D eigenvalue weighted by molar-refractivity contribution is 0.254. The summed E-state index contributed by atoms with van der Waals surface area (Å²) in [5.74, 6) is 2.45. The smallest absolute Gasteiger partial charge is 0.126 e. The molecule has 3 aromatic carbocycles. The molecule has 3 saturated heterocycles. The Balaban J connectivity index is 1.57. The zero-order valence-electron chi connectivity index (χ0n) is 27.6. The molecule has 44 heavy (non-hydrogen) atoms. The molecule has 0 aliphatic carbocycles. The first-order valence-electron chi connectivity index (χ1n) is 16.0. The Morgan fingerprint density at radius 2 is 1.00 bits per heavy atom. The fourth-order valence-electron chi connectivity index (χ4n) is 6.27. The summed E-state index contributed by atoms with van der Waals surface area (Å²) in [6, 6.07) is 17.4. The van der Waals surface area contributed by atoms with Gasteiger partial charge in [0.2, 0.25) is 0 Å². The van der Waals surface area contributed by atoms with Crippen LogP contribution >= 0.6 is 0 Å². The third kappa shape index (κ3) is 6.93. The fourth-order valence-corrected chi connectivity index (χ4v) is 6.27. The number of para-hydroxylation sites is 1. The predicted octanol–water partition coefficient (Wildman–Crippen LogP) is 7.41. The second-order valence-corrected chi connectivity index (χ2v) is 14.6. The highest BCUT2D eigenvalue weighted by Crippen LogP contribution is 2.49. The van der Waals surface area contributed by atoms with E-state index < -0.39 is 0 Å². The molecule has 3 aromatic rings. The van der Waals surface area contributed by atoms with E-state index in [1.165, 1.54) is 11.1 Å². The van der Waals surface area contributed by atoms with E-state index in [-0.39, 0.29) is 35.1 Å². The van der Waals surface area contributed by atoms with E-state index >= 15 is 0 Å². The Bertz CT molecular complexity index is 1400. The minimum atomic E-state index is -0.211. The van der Waals surface area contributed by atoms with Crippen LogP contribution in [0.2, 0.25) is 0 Å². The number of hydrogen-bond acceptors (Lipinski definition) is 6. The molecule has 3 heterocycles. The molecular formula is C38H48O6. The Labute approximate surface area is 263 Å². The molecule has 236 valence electrons. The van der Waals surface area contributed by atoms with Crippen LogP contribution in [0.25, 0.3) is 0 Å². The van der Waals surface area contributed by atoms with Crippen LogP contribution in [0.5, 0.6) is 17.2 Å². The fraction of sp³-hybridized carbons (Fsp3) is 0.526. The van der Waals surface area contributed by atoms with Crippen LogP contribution in [0.15, 0.2) is 48.5 Å². The summed E-state index contributed by atoms with van der Waals surface area (Å²) in [4.78, 5) is 0. The van der Waals surface area contributed by atoms with Crippen LogP contribution in [-0.4, -0.2) is 58.0 Å². The summed E-state index contributed by atoms with van der Waals surface area (Å²) in [5, 5.41) is 0. The van der Waals surface area contributed by atoms with Crippen LogP contribution in [-0.2, 0) is 25.0 Å². The quantitative estimate of drug-likeness (QED) is 0.159. The van der Waals surface area contributed by atoms with Gasteiger partial charge >= 0.3 is 0 Å². The molecule has 0 bridgehead atoms. The van der Waals surface area contributed by atoms with E-state index in [1.807, 2.05) is 6.07 Å². The van der Waals surface area contributed by atoms with Gasteiger partial charge in [-0.3, -0.25) is 0 Å². The first-order chi connectivity index (χ1) is 20.9. The summed E-state index contributed by atoms with van der Waals surface area (Å²) in [7, 11) is 0. The summed E-state index contributed by atoms with van der Waals surface area (Å²) < 4.78 is 36.5. The average Bonchev–Trinajstić information content (AvgIpc) is 3.80. The van der Waals surface area contributed by atoms with Crippen LogP contribution in [0.1, 0.15) is 86.4 Å². The van der Waals surface area contributed by atoms with Crippen molar-refractivity contribution in [2.45, 2.75) is 90.4 Å². The number of benzene rings is 3. The third-order valence-corrected chi connectivity index (χ3v) is 8.80. The minimum absolute atomic E-state index is 0.0406. The monoisotopic (exact) mass is 600 g/mol. The van der Waals surface area contributed by atoms with Gasteiger partial charge in [0, 0.05) is 22.6 Å². The van der Waals surface area contributed by atoms with Crippen molar-refractivity contribution in [3.8, 4) is 17.2 Å². The number of rotatable bonds is 12. The van der Waals surface area contributed by atoms with Crippen molar-refractivity contribution in [2.24, 2.45) is 0 Å². The first kappa shape index (κ1) is 30.9. The van der Waals surface area contributed by atoms with Gasteiger partial charge in [-0.05, 0) is 53.0 Å². The van der Waals surface area contributed by atoms with Gasteiger partial charge in [-0.25, -0.2) is 0 Å². The van der Waals surface area contributed by atoms with E-state index in [0.29, 0.717) is 19.8 Å². The lowest BCUT2D eigenvalue weighted by Crippen LogP contribution is -2.19. The van der Waals surface area contributed by atoms with Crippen molar-refractivity contribution in [3.63, 3.8) is 0 Å². The zero-order valence-corrected chi connectivity index (χ0v) is 27.6. The van der Waals surface area contributed by atoms with Gasteiger partial charge < -0.3 is 28.4 Å². The zero-order chi connectivity index (χ0) is 31.2. The molecule has 3 aliphatic heterocycles. The maximum atomic E-state index is 6.71. The van der Waals surface area contributed by atoms with Crippen LogP contribution in [0, 0.1) is 13.8 Å². The second kappa shape index (κ2) is 12.0. The normalized spacial score (nSPS) is 21.5. The second-order valence-electron chi connectivity index (χ2n) is 14.6. The van der Waals surface area contributed by atoms with Gasteiger partial charge in [-0.1, -0.05) is 84.0 Å². The number of hydrogen-bond donors (Lipinski definition) is 0. The van der Waals surface area contributed by atoms with E-state index in [2.05, 4.69) is 97.9 Å². The van der Waals surface area contributed by atoms with Crippen LogP contribution in [0.4, 0.5) is 0 Å². The highest BCUT2D eigenvalue weighted by atomic mass is 16.6. The Morgan fingerprint density at radius 1 is 0.591 bits per heavy atom. The summed E-state index contributed by atoms with van der Waals surface area (Å²) >= 11 is 0. The third-order valence-electron chi connectivity index (χ3n) is 8.80. The van der Waals surface area contributed by atoms with Crippen molar-refractivity contribution < 1.29 is 28.4 Å². The van der Waals surface area contributed by atoms with E-state index in [1.54, 1.807) is 0 Å². The molecule has 0 amide bonds. The summed E-state index contributed by atoms with van der Waals surface area (Å²) in [6.07, 6.45) is 0.427. The molecule has 0 saturated carbocycles. The first-order valence-corrected chi connectivity index (χ1v) is 16.0. The number of epoxide rings is 3. The summed E-state index contributed by atoms with van der Waals surface area (Å²) in [6.45, 7) is 21.7. The van der Waals surface area contributed by atoms with Gasteiger partial charge in [0.1, 0.15) is 55.4 Å². The van der Waals surface area contributed by atoms with Crippen molar-refractivity contribution in [2.75, 3.05) is 39.6 Å².